The van der Waals surface area contributed by atoms with Crippen molar-refractivity contribution in [2.75, 3.05) is 51.3 Å². The number of hydrogen-bond donors (Lipinski definition) is 0. The number of thiazole rings is 1. The molecule has 0 aliphatic carbocycles. The van der Waals surface area contributed by atoms with E-state index >= 15 is 0 Å². The summed E-state index contributed by atoms with van der Waals surface area (Å²) < 4.78 is 34.4. The maximum absolute atomic E-state index is 13.3. The van der Waals surface area contributed by atoms with Gasteiger partial charge in [0.25, 0.3) is 10.0 Å². The minimum absolute atomic E-state index is 0.0165. The molecule has 8 nitrogen and oxygen atoms in total. The molecule has 1 unspecified atom stereocenters. The summed E-state index contributed by atoms with van der Waals surface area (Å²) in [5.41, 5.74) is 0.744. The number of hydrogen-bond acceptors (Lipinski definition) is 8. The lowest BCUT2D eigenvalue weighted by Gasteiger charge is -2.38. The van der Waals surface area contributed by atoms with Crippen molar-refractivity contribution in [2.24, 2.45) is 5.92 Å². The molecule has 2 aliphatic rings. The van der Waals surface area contributed by atoms with Crippen molar-refractivity contribution in [3.8, 4) is 5.75 Å². The second kappa shape index (κ2) is 10.0. The molecule has 0 bridgehead atoms. The lowest BCUT2D eigenvalue weighted by molar-refractivity contribution is -0.137. The largest absolute Gasteiger partial charge is 0.494 e. The number of aromatic nitrogens is 1. The van der Waals surface area contributed by atoms with Crippen LogP contribution in [-0.4, -0.2) is 74.9 Å². The Morgan fingerprint density at radius 1 is 1.09 bits per heavy atom. The van der Waals surface area contributed by atoms with Gasteiger partial charge in [-0.15, -0.1) is 11.3 Å². The van der Waals surface area contributed by atoms with Crippen LogP contribution in [0.4, 0.5) is 5.13 Å². The lowest BCUT2D eigenvalue weighted by atomic mass is 9.98. The third kappa shape index (κ3) is 4.86. The van der Waals surface area contributed by atoms with Crippen molar-refractivity contribution in [3.05, 3.63) is 33.6 Å². The third-order valence-corrected chi connectivity index (χ3v) is 11.5. The number of nitrogens with zero attached hydrogens (tertiary/aromatic N) is 4. The third-order valence-electron chi connectivity index (χ3n) is 6.41. The Balaban J connectivity index is 1.24. The van der Waals surface area contributed by atoms with Crippen LogP contribution in [0.15, 0.2) is 28.5 Å². The molecule has 0 spiro atoms. The Kier molecular flexibility index (Phi) is 7.17. The quantitative estimate of drug-likeness (QED) is 0.448. The fourth-order valence-electron chi connectivity index (χ4n) is 4.54. The zero-order valence-electron chi connectivity index (χ0n) is 18.9. The molecule has 1 amide bonds. The van der Waals surface area contributed by atoms with Crippen molar-refractivity contribution in [1.29, 1.82) is 0 Å². The molecule has 188 valence electrons. The van der Waals surface area contributed by atoms with Crippen LogP contribution in [0.25, 0.3) is 10.2 Å². The van der Waals surface area contributed by atoms with Gasteiger partial charge in [0, 0.05) is 39.3 Å². The van der Waals surface area contributed by atoms with Crippen LogP contribution in [0, 0.1) is 5.92 Å². The summed E-state index contributed by atoms with van der Waals surface area (Å²) in [4.78, 5) is 22.0. The molecule has 35 heavy (non-hydrogen) atoms. The van der Waals surface area contributed by atoms with E-state index in [0.29, 0.717) is 60.7 Å². The second-order valence-electron chi connectivity index (χ2n) is 8.50. The van der Waals surface area contributed by atoms with Crippen molar-refractivity contribution in [2.45, 2.75) is 17.1 Å². The van der Waals surface area contributed by atoms with E-state index in [1.165, 1.54) is 21.7 Å². The Labute approximate surface area is 222 Å². The summed E-state index contributed by atoms with van der Waals surface area (Å²) in [6.45, 7) is 3.03. The number of anilines is 1. The molecule has 5 rings (SSSR count). The Morgan fingerprint density at radius 2 is 1.86 bits per heavy atom. The highest BCUT2D eigenvalue weighted by Gasteiger charge is 2.36. The summed E-state index contributed by atoms with van der Waals surface area (Å²) in [6, 6.07) is 6.73. The predicted octanol–water partition coefficient (Wildman–Crippen LogP) is 4.42. The first kappa shape index (κ1) is 25.0. The fourth-order valence-corrected chi connectivity index (χ4v) is 9.01. The molecule has 2 aromatic heterocycles. The van der Waals surface area contributed by atoms with Gasteiger partial charge in [-0.2, -0.15) is 4.31 Å². The van der Waals surface area contributed by atoms with Crippen molar-refractivity contribution < 1.29 is 17.9 Å². The monoisotopic (exact) mass is 574 g/mol. The maximum atomic E-state index is 13.3. The number of halogens is 2. The predicted molar refractivity (Wildman–Crippen MR) is 141 cm³/mol. The van der Waals surface area contributed by atoms with E-state index in [1.54, 1.807) is 13.2 Å². The number of rotatable bonds is 5. The van der Waals surface area contributed by atoms with E-state index in [1.807, 2.05) is 17.0 Å². The normalized spacial score (nSPS) is 19.9. The number of benzene rings is 1. The number of carbonyl (C=O) groups excluding carboxylic acids is 1. The smallest absolute Gasteiger partial charge is 0.252 e. The minimum atomic E-state index is -3.64. The molecule has 13 heteroatoms. The van der Waals surface area contributed by atoms with Crippen LogP contribution in [0.1, 0.15) is 12.8 Å². The second-order valence-corrected chi connectivity index (χ2v) is 13.8. The first-order chi connectivity index (χ1) is 16.8. The molecule has 2 fully saturated rings. The first-order valence-electron chi connectivity index (χ1n) is 11.2. The molecule has 2 aliphatic heterocycles. The molecule has 0 N–H and O–H groups in total. The average Bonchev–Trinajstić information content (AvgIpc) is 3.52. The van der Waals surface area contributed by atoms with Crippen LogP contribution in [0.3, 0.4) is 0 Å². The number of fused-ring (bicyclic) bond motifs is 1. The van der Waals surface area contributed by atoms with Gasteiger partial charge in [0.2, 0.25) is 5.91 Å². The lowest BCUT2D eigenvalue weighted by Crippen LogP contribution is -2.53. The average molecular weight is 576 g/mol. The van der Waals surface area contributed by atoms with E-state index in [2.05, 4.69) is 4.90 Å². The summed E-state index contributed by atoms with van der Waals surface area (Å²) in [6.07, 6.45) is 1.34. The van der Waals surface area contributed by atoms with Crippen LogP contribution >= 0.6 is 45.9 Å². The van der Waals surface area contributed by atoms with Gasteiger partial charge in [0.1, 0.15) is 15.5 Å². The van der Waals surface area contributed by atoms with Gasteiger partial charge in [-0.1, -0.05) is 34.5 Å². The van der Waals surface area contributed by atoms with E-state index in [0.717, 1.165) is 26.7 Å². The van der Waals surface area contributed by atoms with Gasteiger partial charge >= 0.3 is 0 Å². The minimum Gasteiger partial charge on any atom is -0.494 e. The van der Waals surface area contributed by atoms with Crippen LogP contribution in [-0.2, 0) is 14.8 Å². The van der Waals surface area contributed by atoms with Crippen LogP contribution in [0.5, 0.6) is 5.75 Å². The van der Waals surface area contributed by atoms with Crippen molar-refractivity contribution in [3.63, 3.8) is 0 Å². The van der Waals surface area contributed by atoms with Gasteiger partial charge < -0.3 is 14.5 Å². The summed E-state index contributed by atoms with van der Waals surface area (Å²) in [5.74, 6) is 0.358. The topological polar surface area (TPSA) is 83.0 Å². The summed E-state index contributed by atoms with van der Waals surface area (Å²) in [5, 5.41) is 1.49. The SMILES string of the molecule is COc1ccc(Cl)c2sc(N3CCN(C(=O)C4CCCN(S(=O)(=O)c5ccc(Cl)s5)C4)CC3)nc12. The molecular weight excluding hydrogens is 551 g/mol. The number of methoxy groups -OCH3 is 1. The summed E-state index contributed by atoms with van der Waals surface area (Å²) >= 11 is 14.9. The van der Waals surface area contributed by atoms with Gasteiger partial charge in [0.15, 0.2) is 5.13 Å². The summed E-state index contributed by atoms with van der Waals surface area (Å²) in [7, 11) is -2.03. The van der Waals surface area contributed by atoms with E-state index in [-0.39, 0.29) is 22.6 Å². The zero-order valence-corrected chi connectivity index (χ0v) is 22.9. The van der Waals surface area contributed by atoms with Gasteiger partial charge in [-0.05, 0) is 37.1 Å². The molecule has 1 aromatic carbocycles. The first-order valence-corrected chi connectivity index (χ1v) is 15.0. The number of sulfonamides is 1. The fraction of sp³-hybridized carbons (Fsp3) is 0.455. The van der Waals surface area contributed by atoms with Crippen LogP contribution < -0.4 is 9.64 Å². The van der Waals surface area contributed by atoms with Gasteiger partial charge in [0.05, 0.1) is 27.1 Å². The molecule has 1 atom stereocenters. The number of piperazine rings is 1. The number of ether oxygens (including phenoxy) is 1. The highest BCUT2D eigenvalue weighted by molar-refractivity contribution is 7.91. The standard InChI is InChI=1S/C22H24Cl2N4O4S3/c1-32-16-5-4-15(23)20-19(16)25-22(34-20)27-11-9-26(10-12-27)21(29)14-3-2-8-28(13-14)35(30,31)18-7-6-17(24)33-18/h4-7,14H,2-3,8-13H2,1H3. The highest BCUT2D eigenvalue weighted by atomic mass is 35.5. The van der Waals surface area contributed by atoms with E-state index < -0.39 is 10.0 Å². The molecular formula is C22H24Cl2N4O4S3. The number of carbonyl (C=O) groups is 1. The van der Waals surface area contributed by atoms with Crippen molar-refractivity contribution >= 4 is 77.2 Å². The Hall–Kier alpha value is -1.63. The maximum Gasteiger partial charge on any atom is 0.252 e. The van der Waals surface area contributed by atoms with Crippen molar-refractivity contribution in [1.82, 2.24) is 14.2 Å². The highest BCUT2D eigenvalue weighted by Crippen LogP contribution is 2.39. The van der Waals surface area contributed by atoms with E-state index in [4.69, 9.17) is 32.9 Å². The molecule has 0 radical (unpaired) electrons. The zero-order chi connectivity index (χ0) is 24.7. The van der Waals surface area contributed by atoms with E-state index in [9.17, 15) is 13.2 Å². The van der Waals surface area contributed by atoms with Gasteiger partial charge in [-0.3, -0.25) is 4.79 Å². The van der Waals surface area contributed by atoms with Gasteiger partial charge in [-0.25, -0.2) is 13.4 Å². The molecule has 0 saturated carbocycles. The number of thiophene rings is 1. The van der Waals surface area contributed by atoms with Crippen LogP contribution in [0.2, 0.25) is 9.36 Å². The molecule has 4 heterocycles. The Bertz CT molecular complexity index is 1350. The number of piperidine rings is 1. The Morgan fingerprint density at radius 3 is 2.54 bits per heavy atom. The number of amides is 1. The molecule has 3 aromatic rings. The molecule has 2 saturated heterocycles.